The molecule has 0 saturated carbocycles. The summed E-state index contributed by atoms with van der Waals surface area (Å²) in [6.07, 6.45) is 7.72. The summed E-state index contributed by atoms with van der Waals surface area (Å²) in [5.74, 6) is 0.861. The highest BCUT2D eigenvalue weighted by atomic mass is 35.5. The van der Waals surface area contributed by atoms with E-state index in [2.05, 4.69) is 15.1 Å². The van der Waals surface area contributed by atoms with E-state index in [1.807, 2.05) is 0 Å². The van der Waals surface area contributed by atoms with Gasteiger partial charge in [-0.2, -0.15) is 0 Å². The first kappa shape index (κ1) is 17.5. The smallest absolute Gasteiger partial charge is 0.259 e. The monoisotopic (exact) mass is 384 g/mol. The molecule has 1 saturated heterocycles. The number of halogens is 1. The van der Waals surface area contributed by atoms with Crippen LogP contribution in [0.2, 0.25) is 5.02 Å². The molecule has 1 aromatic carbocycles. The number of piperidine rings is 1. The van der Waals surface area contributed by atoms with Gasteiger partial charge in [0.05, 0.1) is 12.4 Å². The van der Waals surface area contributed by atoms with Gasteiger partial charge in [0.2, 0.25) is 5.88 Å². The van der Waals surface area contributed by atoms with E-state index in [1.54, 1.807) is 47.8 Å². The minimum atomic E-state index is -0.0980. The van der Waals surface area contributed by atoms with Gasteiger partial charge in [0.1, 0.15) is 11.7 Å². The molecular weight excluding hydrogens is 368 g/mol. The summed E-state index contributed by atoms with van der Waals surface area (Å²) >= 11 is 5.93. The minimum absolute atomic E-state index is 0.0176. The molecule has 0 atom stereocenters. The van der Waals surface area contributed by atoms with Crippen LogP contribution in [-0.4, -0.2) is 45.1 Å². The minimum Gasteiger partial charge on any atom is -0.473 e. The Morgan fingerprint density at radius 3 is 2.63 bits per heavy atom. The van der Waals surface area contributed by atoms with Gasteiger partial charge >= 0.3 is 0 Å². The molecule has 0 N–H and O–H groups in total. The topological polar surface area (TPSA) is 81.4 Å². The average molecular weight is 385 g/mol. The first-order chi connectivity index (χ1) is 13.2. The number of amides is 1. The molecule has 8 heteroatoms. The second-order valence-corrected chi connectivity index (χ2v) is 6.66. The molecule has 0 aliphatic carbocycles. The van der Waals surface area contributed by atoms with Crippen molar-refractivity contribution in [1.82, 2.24) is 20.0 Å². The Morgan fingerprint density at radius 2 is 1.93 bits per heavy atom. The number of hydrogen-bond acceptors (Lipinski definition) is 6. The number of aromatic nitrogens is 3. The van der Waals surface area contributed by atoms with E-state index < -0.39 is 0 Å². The van der Waals surface area contributed by atoms with Crippen molar-refractivity contribution in [3.05, 3.63) is 59.6 Å². The van der Waals surface area contributed by atoms with Gasteiger partial charge in [-0.3, -0.25) is 9.78 Å². The maximum Gasteiger partial charge on any atom is 0.259 e. The van der Waals surface area contributed by atoms with Gasteiger partial charge in [-0.05, 0) is 24.3 Å². The number of carbonyl (C=O) groups is 1. The van der Waals surface area contributed by atoms with Crippen LogP contribution >= 0.6 is 11.6 Å². The van der Waals surface area contributed by atoms with Crippen LogP contribution in [0.5, 0.6) is 5.88 Å². The molecule has 1 amide bonds. The summed E-state index contributed by atoms with van der Waals surface area (Å²) in [6.45, 7) is 1.18. The van der Waals surface area contributed by atoms with Gasteiger partial charge in [-0.1, -0.05) is 16.8 Å². The maximum atomic E-state index is 12.9. The van der Waals surface area contributed by atoms with Crippen LogP contribution < -0.4 is 4.74 Å². The van der Waals surface area contributed by atoms with Crippen LogP contribution in [0.1, 0.15) is 23.2 Å². The Labute approximate surface area is 160 Å². The summed E-state index contributed by atoms with van der Waals surface area (Å²) in [6, 6.07) is 7.12. The van der Waals surface area contributed by atoms with Crippen molar-refractivity contribution in [2.24, 2.45) is 0 Å². The summed E-state index contributed by atoms with van der Waals surface area (Å²) in [5, 5.41) is 4.43. The molecule has 0 bridgehead atoms. The molecule has 7 nitrogen and oxygen atoms in total. The fraction of sp³-hybridized carbons (Fsp3) is 0.263. The summed E-state index contributed by atoms with van der Waals surface area (Å²) in [4.78, 5) is 22.8. The van der Waals surface area contributed by atoms with Crippen molar-refractivity contribution in [2.75, 3.05) is 13.1 Å². The Bertz CT molecular complexity index is 906. The van der Waals surface area contributed by atoms with Crippen molar-refractivity contribution in [1.29, 1.82) is 0 Å². The van der Waals surface area contributed by atoms with E-state index in [0.29, 0.717) is 35.3 Å². The molecule has 1 aliphatic rings. The van der Waals surface area contributed by atoms with E-state index in [0.717, 1.165) is 18.4 Å². The standard InChI is InChI=1S/C19H17ClN4O3/c20-14-3-1-13(2-4-14)18-16(11-23-27-18)19(25)24-9-5-15(6-10-24)26-17-12-21-7-8-22-17/h1-4,7-8,11-12,15H,5-6,9-10H2. The zero-order chi connectivity index (χ0) is 18.6. The number of likely N-dealkylation sites (tertiary alicyclic amines) is 1. The Balaban J connectivity index is 1.42. The number of carbonyl (C=O) groups excluding carboxylic acids is 1. The lowest BCUT2D eigenvalue weighted by Crippen LogP contribution is -2.41. The molecule has 138 valence electrons. The van der Waals surface area contributed by atoms with Crippen LogP contribution in [0.25, 0.3) is 11.3 Å². The first-order valence-corrected chi connectivity index (χ1v) is 9.01. The lowest BCUT2D eigenvalue weighted by Gasteiger charge is -2.31. The predicted octanol–water partition coefficient (Wildman–Crippen LogP) is 3.47. The van der Waals surface area contributed by atoms with Crippen molar-refractivity contribution in [3.63, 3.8) is 0 Å². The molecular formula is C19H17ClN4O3. The van der Waals surface area contributed by atoms with Crippen LogP contribution in [0.15, 0.2) is 53.6 Å². The maximum absolute atomic E-state index is 12.9. The Morgan fingerprint density at radius 1 is 1.15 bits per heavy atom. The molecule has 27 heavy (non-hydrogen) atoms. The van der Waals surface area contributed by atoms with Gasteiger partial charge in [0.15, 0.2) is 5.76 Å². The summed E-state index contributed by atoms with van der Waals surface area (Å²) in [5.41, 5.74) is 1.21. The molecule has 1 fully saturated rings. The highest BCUT2D eigenvalue weighted by molar-refractivity contribution is 6.30. The molecule has 3 aromatic rings. The second kappa shape index (κ2) is 7.75. The van der Waals surface area contributed by atoms with Gasteiger partial charge < -0.3 is 14.2 Å². The third-order valence-electron chi connectivity index (χ3n) is 4.46. The van der Waals surface area contributed by atoms with E-state index in [9.17, 15) is 4.79 Å². The van der Waals surface area contributed by atoms with Gasteiger partial charge in [-0.15, -0.1) is 0 Å². The lowest BCUT2D eigenvalue weighted by molar-refractivity contribution is 0.0587. The number of benzene rings is 1. The third-order valence-corrected chi connectivity index (χ3v) is 4.72. The van der Waals surface area contributed by atoms with Crippen LogP contribution in [0.4, 0.5) is 0 Å². The van der Waals surface area contributed by atoms with Gasteiger partial charge in [0.25, 0.3) is 5.91 Å². The third kappa shape index (κ3) is 3.93. The quantitative estimate of drug-likeness (QED) is 0.685. The van der Waals surface area contributed by atoms with Crippen LogP contribution in [0.3, 0.4) is 0 Å². The van der Waals surface area contributed by atoms with Gasteiger partial charge in [0, 0.05) is 48.9 Å². The summed E-state index contributed by atoms with van der Waals surface area (Å²) in [7, 11) is 0. The SMILES string of the molecule is O=C(c1cnoc1-c1ccc(Cl)cc1)N1CCC(Oc2cnccn2)CC1. The number of rotatable bonds is 4. The molecule has 0 spiro atoms. The average Bonchev–Trinajstić information content (AvgIpc) is 3.19. The molecule has 0 unspecified atom stereocenters. The molecule has 3 heterocycles. The van der Waals surface area contributed by atoms with E-state index >= 15 is 0 Å². The van der Waals surface area contributed by atoms with Gasteiger partial charge in [-0.25, -0.2) is 4.98 Å². The second-order valence-electron chi connectivity index (χ2n) is 6.23. The zero-order valence-corrected chi connectivity index (χ0v) is 15.2. The van der Waals surface area contributed by atoms with E-state index in [4.69, 9.17) is 20.9 Å². The first-order valence-electron chi connectivity index (χ1n) is 8.63. The molecule has 0 radical (unpaired) electrons. The summed E-state index contributed by atoms with van der Waals surface area (Å²) < 4.78 is 11.1. The van der Waals surface area contributed by atoms with Crippen molar-refractivity contribution < 1.29 is 14.1 Å². The van der Waals surface area contributed by atoms with Crippen LogP contribution in [-0.2, 0) is 0 Å². The van der Waals surface area contributed by atoms with Crippen LogP contribution in [0, 0.1) is 0 Å². The number of nitrogens with zero attached hydrogens (tertiary/aromatic N) is 4. The van der Waals surface area contributed by atoms with Crippen molar-refractivity contribution in [3.8, 4) is 17.2 Å². The predicted molar refractivity (Wildman–Crippen MR) is 98.5 cm³/mol. The number of hydrogen-bond donors (Lipinski definition) is 0. The van der Waals surface area contributed by atoms with Crippen molar-refractivity contribution in [2.45, 2.75) is 18.9 Å². The lowest BCUT2D eigenvalue weighted by atomic mass is 10.0. The van der Waals surface area contributed by atoms with E-state index in [1.165, 1.54) is 6.20 Å². The molecule has 4 rings (SSSR count). The van der Waals surface area contributed by atoms with E-state index in [-0.39, 0.29) is 12.0 Å². The normalized spacial score (nSPS) is 14.9. The fourth-order valence-corrected chi connectivity index (χ4v) is 3.19. The highest BCUT2D eigenvalue weighted by Crippen LogP contribution is 2.27. The molecule has 1 aliphatic heterocycles. The number of ether oxygens (including phenoxy) is 1. The highest BCUT2D eigenvalue weighted by Gasteiger charge is 2.28. The Hall–Kier alpha value is -2.93. The zero-order valence-electron chi connectivity index (χ0n) is 14.4. The van der Waals surface area contributed by atoms with Crippen molar-refractivity contribution >= 4 is 17.5 Å². The largest absolute Gasteiger partial charge is 0.473 e. The Kier molecular flexibility index (Phi) is 5.02. The fourth-order valence-electron chi connectivity index (χ4n) is 3.07. The molecule has 2 aromatic heterocycles.